The van der Waals surface area contributed by atoms with Crippen molar-refractivity contribution in [2.24, 2.45) is 0 Å². The lowest BCUT2D eigenvalue weighted by molar-refractivity contribution is -0.332. The van der Waals surface area contributed by atoms with E-state index in [1.165, 1.54) is 128 Å². The Bertz CT molecular complexity index is 1330. The minimum atomic E-state index is -1.76. The molecule has 0 aromatic heterocycles. The van der Waals surface area contributed by atoms with Gasteiger partial charge in [-0.15, -0.1) is 0 Å². The molecule has 0 radical (unpaired) electrons. The molecule has 2 fully saturated rings. The third-order valence-corrected chi connectivity index (χ3v) is 13.7. The normalized spacial score (nSPS) is 25.3. The number of unbranched alkanes of at least 4 members (excludes halogenated alkanes) is 27. The number of esters is 2. The summed E-state index contributed by atoms with van der Waals surface area (Å²) in [6, 6.07) is 0. The number of aliphatic hydroxyl groups excluding tert-OH is 7. The first-order valence-corrected chi connectivity index (χ1v) is 28.4. The molecule has 2 heterocycles. The zero-order chi connectivity index (χ0) is 51.7. The molecule has 0 aromatic rings. The Morgan fingerprint density at radius 2 is 0.845 bits per heavy atom. The van der Waals surface area contributed by atoms with Gasteiger partial charge in [-0.2, -0.15) is 0 Å². The molecule has 7 N–H and O–H groups in total. The lowest BCUT2D eigenvalue weighted by Gasteiger charge is -2.42. The Morgan fingerprint density at radius 1 is 0.451 bits per heavy atom. The molecular formula is C56H102O15. The number of ether oxygens (including phenoxy) is 6. The second kappa shape index (κ2) is 43.2. The number of rotatable bonds is 45. The first-order valence-electron chi connectivity index (χ1n) is 28.4. The molecule has 0 aromatic carbocycles. The molecule has 2 aliphatic rings. The lowest BCUT2D eigenvalue weighted by Crippen LogP contribution is -2.61. The second-order valence-corrected chi connectivity index (χ2v) is 20.1. The van der Waals surface area contributed by atoms with Crippen molar-refractivity contribution in [3.05, 3.63) is 24.3 Å². The van der Waals surface area contributed by atoms with Crippen LogP contribution in [0.2, 0.25) is 0 Å². The van der Waals surface area contributed by atoms with E-state index < -0.39 is 92.7 Å². The molecule has 71 heavy (non-hydrogen) atoms. The van der Waals surface area contributed by atoms with Gasteiger partial charge in [-0.05, 0) is 44.9 Å². The van der Waals surface area contributed by atoms with Crippen LogP contribution in [-0.2, 0) is 38.0 Å². The first-order chi connectivity index (χ1) is 34.5. The van der Waals surface area contributed by atoms with Gasteiger partial charge in [-0.1, -0.05) is 192 Å². The Hall–Kier alpha value is -2.02. The highest BCUT2D eigenvalue weighted by Crippen LogP contribution is 2.27. The van der Waals surface area contributed by atoms with Gasteiger partial charge in [-0.3, -0.25) is 9.59 Å². The zero-order valence-electron chi connectivity index (χ0n) is 44.2. The van der Waals surface area contributed by atoms with Gasteiger partial charge in [0.25, 0.3) is 0 Å². The second-order valence-electron chi connectivity index (χ2n) is 20.1. The van der Waals surface area contributed by atoms with Crippen molar-refractivity contribution in [3.63, 3.8) is 0 Å². The van der Waals surface area contributed by atoms with E-state index in [4.69, 9.17) is 28.4 Å². The molecule has 15 heteroatoms. The maximum absolute atomic E-state index is 13.1. The van der Waals surface area contributed by atoms with Crippen molar-refractivity contribution in [2.45, 2.75) is 293 Å². The Morgan fingerprint density at radius 3 is 1.34 bits per heavy atom. The maximum atomic E-state index is 13.1. The smallest absolute Gasteiger partial charge is 0.306 e. The SMILES string of the molecule is CCCCC/C=C\C/C=C\CCCCCCCCCCCC(=O)OC(COC(=O)CCCCCCCCCCCCCCCCCC)COC1OC(COC2OC(CO)C(O)C(O)C2O)C(O)C(O)C1O. The van der Waals surface area contributed by atoms with Crippen LogP contribution in [-0.4, -0.2) is 142 Å². The Balaban J connectivity index is 1.76. The average Bonchev–Trinajstić information content (AvgIpc) is 3.36. The number of carbonyl (C=O) groups excluding carboxylic acids is 2. The molecule has 2 rings (SSSR count). The Kier molecular flexibility index (Phi) is 39.6. The molecule has 0 spiro atoms. The topological polar surface area (TPSA) is 231 Å². The van der Waals surface area contributed by atoms with Crippen molar-refractivity contribution in [3.8, 4) is 0 Å². The predicted octanol–water partition coefficient (Wildman–Crippen LogP) is 9.11. The van der Waals surface area contributed by atoms with Gasteiger partial charge in [-0.25, -0.2) is 0 Å². The molecule has 0 bridgehead atoms. The molecule has 15 nitrogen and oxygen atoms in total. The summed E-state index contributed by atoms with van der Waals surface area (Å²) in [4.78, 5) is 25.9. The molecule has 11 unspecified atom stereocenters. The summed E-state index contributed by atoms with van der Waals surface area (Å²) in [5.41, 5.74) is 0. The minimum absolute atomic E-state index is 0.163. The molecule has 2 saturated heterocycles. The summed E-state index contributed by atoms with van der Waals surface area (Å²) in [7, 11) is 0. The minimum Gasteiger partial charge on any atom is -0.462 e. The van der Waals surface area contributed by atoms with Crippen molar-refractivity contribution >= 4 is 11.9 Å². The summed E-state index contributed by atoms with van der Waals surface area (Å²) >= 11 is 0. The first kappa shape index (κ1) is 65.1. The van der Waals surface area contributed by atoms with Gasteiger partial charge in [0, 0.05) is 12.8 Å². The molecule has 0 amide bonds. The van der Waals surface area contributed by atoms with Crippen LogP contribution >= 0.6 is 0 Å². The van der Waals surface area contributed by atoms with E-state index in [9.17, 15) is 45.3 Å². The van der Waals surface area contributed by atoms with E-state index in [0.717, 1.165) is 57.8 Å². The van der Waals surface area contributed by atoms with Crippen LogP contribution in [0.25, 0.3) is 0 Å². The molecule has 11 atom stereocenters. The third-order valence-electron chi connectivity index (χ3n) is 13.7. The highest BCUT2D eigenvalue weighted by atomic mass is 16.7. The summed E-state index contributed by atoms with van der Waals surface area (Å²) in [5.74, 6) is -0.918. The van der Waals surface area contributed by atoms with Crippen molar-refractivity contribution < 1.29 is 73.8 Å². The fourth-order valence-corrected chi connectivity index (χ4v) is 9.01. The van der Waals surface area contributed by atoms with Crippen molar-refractivity contribution in [2.75, 3.05) is 26.4 Å². The fraction of sp³-hybridized carbons (Fsp3) is 0.893. The van der Waals surface area contributed by atoms with Crippen LogP contribution < -0.4 is 0 Å². The number of hydrogen-bond acceptors (Lipinski definition) is 15. The molecule has 0 saturated carbocycles. The van der Waals surface area contributed by atoms with E-state index in [1.54, 1.807) is 0 Å². The number of aliphatic hydroxyl groups is 7. The standard InChI is InChI=1S/C56H102O15/c1-3-5-7-9-11-13-15-17-19-21-22-23-25-27-29-31-33-35-37-39-48(59)69-44(41-66-47(58)38-36-34-32-30-28-26-24-20-18-16-14-12-10-8-6-4-2)42-67-55-54(65)52(63)50(61)46(71-55)43-68-56-53(64)51(62)49(60)45(40-57)70-56/h11,13,17,19,44-46,49-57,60-65H,3-10,12,14-16,18,20-43H2,1-2H3/b13-11-,19-17-. The van der Waals surface area contributed by atoms with Crippen molar-refractivity contribution in [1.82, 2.24) is 0 Å². The van der Waals surface area contributed by atoms with Gasteiger partial charge in [0.05, 0.1) is 19.8 Å². The van der Waals surface area contributed by atoms with Gasteiger partial charge >= 0.3 is 11.9 Å². The Labute approximate surface area is 428 Å². The van der Waals surface area contributed by atoms with Gasteiger partial charge < -0.3 is 64.2 Å². The lowest BCUT2D eigenvalue weighted by atomic mass is 9.98. The number of allylic oxidation sites excluding steroid dienone is 4. The highest BCUT2D eigenvalue weighted by Gasteiger charge is 2.47. The number of carbonyl (C=O) groups is 2. The average molecular weight is 1020 g/mol. The third kappa shape index (κ3) is 30.8. The molecule has 0 aliphatic carbocycles. The summed E-state index contributed by atoms with van der Waals surface area (Å²) in [6.45, 7) is 2.60. The van der Waals surface area contributed by atoms with E-state index in [0.29, 0.717) is 12.8 Å². The van der Waals surface area contributed by atoms with Gasteiger partial charge in [0.15, 0.2) is 18.7 Å². The quantitative estimate of drug-likeness (QED) is 0.0171. The van der Waals surface area contributed by atoms with Gasteiger partial charge in [0.2, 0.25) is 0 Å². The van der Waals surface area contributed by atoms with E-state index in [-0.39, 0.29) is 26.1 Å². The highest BCUT2D eigenvalue weighted by molar-refractivity contribution is 5.70. The van der Waals surface area contributed by atoms with Crippen LogP contribution in [0.5, 0.6) is 0 Å². The summed E-state index contributed by atoms with van der Waals surface area (Å²) in [5, 5.41) is 72.2. The van der Waals surface area contributed by atoms with Crippen LogP contribution in [0.4, 0.5) is 0 Å². The van der Waals surface area contributed by atoms with Crippen LogP contribution in [0.15, 0.2) is 24.3 Å². The van der Waals surface area contributed by atoms with Crippen molar-refractivity contribution in [1.29, 1.82) is 0 Å². The van der Waals surface area contributed by atoms with Crippen LogP contribution in [0.1, 0.15) is 226 Å². The van der Waals surface area contributed by atoms with E-state index >= 15 is 0 Å². The molecule has 2 aliphatic heterocycles. The predicted molar refractivity (Wildman–Crippen MR) is 275 cm³/mol. The van der Waals surface area contributed by atoms with Crippen LogP contribution in [0, 0.1) is 0 Å². The largest absolute Gasteiger partial charge is 0.462 e. The fourth-order valence-electron chi connectivity index (χ4n) is 9.01. The molecule has 416 valence electrons. The summed E-state index contributed by atoms with van der Waals surface area (Å²) < 4.78 is 33.7. The van der Waals surface area contributed by atoms with E-state index in [1.807, 2.05) is 0 Å². The molecular weight excluding hydrogens is 913 g/mol. The monoisotopic (exact) mass is 1010 g/mol. The maximum Gasteiger partial charge on any atom is 0.306 e. The van der Waals surface area contributed by atoms with E-state index in [2.05, 4.69) is 38.2 Å². The number of hydrogen-bond donors (Lipinski definition) is 7. The summed E-state index contributed by atoms with van der Waals surface area (Å²) in [6.07, 6.45) is 29.1. The zero-order valence-corrected chi connectivity index (χ0v) is 44.2. The van der Waals surface area contributed by atoms with Gasteiger partial charge in [0.1, 0.15) is 55.4 Å². The van der Waals surface area contributed by atoms with Crippen LogP contribution in [0.3, 0.4) is 0 Å².